The summed E-state index contributed by atoms with van der Waals surface area (Å²) >= 11 is 0. The van der Waals surface area contributed by atoms with Crippen molar-refractivity contribution in [1.82, 2.24) is 9.78 Å². The van der Waals surface area contributed by atoms with Crippen LogP contribution in [0.2, 0.25) is 0 Å². The number of nitrogen functional groups attached to an aromatic ring is 1. The molecule has 1 rings (SSSR count). The van der Waals surface area contributed by atoms with Crippen molar-refractivity contribution < 1.29 is 8.42 Å². The highest BCUT2D eigenvalue weighted by molar-refractivity contribution is 7.92. The van der Waals surface area contributed by atoms with Gasteiger partial charge in [-0.25, -0.2) is 8.42 Å². The zero-order valence-corrected chi connectivity index (χ0v) is 10.1. The lowest BCUT2D eigenvalue weighted by Crippen LogP contribution is -2.32. The van der Waals surface area contributed by atoms with Gasteiger partial charge in [-0.2, -0.15) is 5.10 Å². The zero-order valence-electron chi connectivity index (χ0n) is 9.27. The average Bonchev–Trinajstić information content (AvgIpc) is 2.46. The maximum absolute atomic E-state index is 11.8. The molecule has 0 spiro atoms. The van der Waals surface area contributed by atoms with Gasteiger partial charge in [0.2, 0.25) is 0 Å². The van der Waals surface area contributed by atoms with E-state index in [0.29, 0.717) is 12.2 Å². The van der Waals surface area contributed by atoms with Gasteiger partial charge in [0.25, 0.3) is 0 Å². The Morgan fingerprint density at radius 2 is 2.07 bits per heavy atom. The Kier molecular flexibility index (Phi) is 3.08. The van der Waals surface area contributed by atoms with Crippen molar-refractivity contribution in [2.24, 2.45) is 0 Å². The fourth-order valence-corrected chi connectivity index (χ4v) is 2.06. The van der Waals surface area contributed by atoms with E-state index in [1.165, 1.54) is 6.20 Å². The van der Waals surface area contributed by atoms with Crippen LogP contribution in [0.4, 0.5) is 5.69 Å². The summed E-state index contributed by atoms with van der Waals surface area (Å²) in [6, 6.07) is 0. The molecular formula is C9H17N3O2S. The van der Waals surface area contributed by atoms with Crippen molar-refractivity contribution in [3.05, 3.63) is 12.4 Å². The molecule has 0 radical (unpaired) electrons. The number of aromatic nitrogens is 2. The second-order valence-electron chi connectivity index (χ2n) is 4.47. The third kappa shape index (κ3) is 2.95. The molecule has 0 saturated heterocycles. The van der Waals surface area contributed by atoms with E-state index in [9.17, 15) is 8.42 Å². The molecule has 0 aliphatic heterocycles. The van der Waals surface area contributed by atoms with Crippen LogP contribution in [0.3, 0.4) is 0 Å². The third-order valence-electron chi connectivity index (χ3n) is 2.18. The highest BCUT2D eigenvalue weighted by atomic mass is 32.2. The van der Waals surface area contributed by atoms with Gasteiger partial charge in [-0.3, -0.25) is 4.68 Å². The number of hydrogen-bond acceptors (Lipinski definition) is 4. The molecule has 0 aromatic carbocycles. The summed E-state index contributed by atoms with van der Waals surface area (Å²) in [6.07, 6.45) is 3.13. The first-order valence-corrected chi connectivity index (χ1v) is 6.38. The summed E-state index contributed by atoms with van der Waals surface area (Å²) in [5, 5.41) is 3.93. The number of sulfone groups is 1. The van der Waals surface area contributed by atoms with Gasteiger partial charge >= 0.3 is 0 Å². The minimum absolute atomic E-state index is 0.0810. The number of nitrogens with zero attached hydrogens (tertiary/aromatic N) is 2. The number of nitrogens with two attached hydrogens (primary N) is 1. The highest BCUT2D eigenvalue weighted by Crippen LogP contribution is 2.16. The molecule has 6 heteroatoms. The Labute approximate surface area is 90.2 Å². The van der Waals surface area contributed by atoms with E-state index < -0.39 is 14.6 Å². The number of rotatable bonds is 3. The van der Waals surface area contributed by atoms with E-state index >= 15 is 0 Å². The van der Waals surface area contributed by atoms with Crippen LogP contribution in [-0.4, -0.2) is 28.7 Å². The Hall–Kier alpha value is -1.04. The monoisotopic (exact) mass is 231 g/mol. The summed E-state index contributed by atoms with van der Waals surface area (Å²) in [5.74, 6) is 0.0810. The molecule has 1 aromatic rings. The summed E-state index contributed by atoms with van der Waals surface area (Å²) in [7, 11) is -3.09. The van der Waals surface area contributed by atoms with E-state index in [2.05, 4.69) is 5.10 Å². The van der Waals surface area contributed by atoms with Gasteiger partial charge in [0.1, 0.15) is 0 Å². The van der Waals surface area contributed by atoms with Crippen LogP contribution < -0.4 is 5.73 Å². The molecular weight excluding hydrogens is 214 g/mol. The lowest BCUT2D eigenvalue weighted by atomic mass is 10.3. The van der Waals surface area contributed by atoms with Crippen molar-refractivity contribution in [3.8, 4) is 0 Å². The van der Waals surface area contributed by atoms with E-state index in [-0.39, 0.29) is 5.75 Å². The lowest BCUT2D eigenvalue weighted by Gasteiger charge is -2.18. The maximum atomic E-state index is 11.8. The van der Waals surface area contributed by atoms with E-state index in [1.807, 2.05) is 0 Å². The Morgan fingerprint density at radius 3 is 2.47 bits per heavy atom. The van der Waals surface area contributed by atoms with Crippen LogP contribution in [0.5, 0.6) is 0 Å². The molecule has 2 N–H and O–H groups in total. The largest absolute Gasteiger partial charge is 0.396 e. The summed E-state index contributed by atoms with van der Waals surface area (Å²) in [5.41, 5.74) is 6.02. The molecule has 1 aromatic heterocycles. The average molecular weight is 231 g/mol. The molecule has 5 nitrogen and oxygen atoms in total. The molecule has 15 heavy (non-hydrogen) atoms. The summed E-state index contributed by atoms with van der Waals surface area (Å²) < 4.78 is 24.3. The summed E-state index contributed by atoms with van der Waals surface area (Å²) in [4.78, 5) is 0. The van der Waals surface area contributed by atoms with Crippen LogP contribution in [0.15, 0.2) is 12.4 Å². The van der Waals surface area contributed by atoms with Crippen LogP contribution in [0.25, 0.3) is 0 Å². The predicted molar refractivity (Wildman–Crippen MR) is 60.2 cm³/mol. The first-order valence-electron chi connectivity index (χ1n) is 4.72. The van der Waals surface area contributed by atoms with E-state index in [0.717, 1.165) is 0 Å². The van der Waals surface area contributed by atoms with Gasteiger partial charge in [-0.05, 0) is 20.8 Å². The van der Waals surface area contributed by atoms with E-state index in [4.69, 9.17) is 5.73 Å². The van der Waals surface area contributed by atoms with Crippen molar-refractivity contribution in [3.63, 3.8) is 0 Å². The standard InChI is InChI=1S/C9H17N3O2S/c1-9(2,3)15(13,14)5-4-12-7-8(10)6-11-12/h6-7H,4-5,10H2,1-3H3. The minimum Gasteiger partial charge on any atom is -0.396 e. The third-order valence-corrected chi connectivity index (χ3v) is 4.76. The highest BCUT2D eigenvalue weighted by Gasteiger charge is 2.28. The van der Waals surface area contributed by atoms with E-state index in [1.54, 1.807) is 31.6 Å². The van der Waals surface area contributed by atoms with Gasteiger partial charge in [0, 0.05) is 6.20 Å². The molecule has 0 saturated carbocycles. The molecule has 0 aliphatic carbocycles. The molecule has 0 bridgehead atoms. The van der Waals surface area contributed by atoms with Crippen molar-refractivity contribution in [1.29, 1.82) is 0 Å². The van der Waals surface area contributed by atoms with Crippen molar-refractivity contribution >= 4 is 15.5 Å². The van der Waals surface area contributed by atoms with Gasteiger partial charge in [0.05, 0.1) is 28.9 Å². The molecule has 0 atom stereocenters. The normalized spacial score (nSPS) is 13.0. The van der Waals surface area contributed by atoms with Crippen LogP contribution >= 0.6 is 0 Å². The predicted octanol–water partition coefficient (Wildman–Crippen LogP) is 0.679. The summed E-state index contributed by atoms with van der Waals surface area (Å²) in [6.45, 7) is 5.43. The fraction of sp³-hybridized carbons (Fsp3) is 0.667. The smallest absolute Gasteiger partial charge is 0.157 e. The van der Waals surface area contributed by atoms with Gasteiger partial charge < -0.3 is 5.73 Å². The van der Waals surface area contributed by atoms with Crippen molar-refractivity contribution in [2.45, 2.75) is 32.1 Å². The molecule has 0 fully saturated rings. The first kappa shape index (κ1) is 12.0. The Morgan fingerprint density at radius 1 is 1.47 bits per heavy atom. The molecule has 0 aliphatic rings. The second kappa shape index (κ2) is 3.84. The van der Waals surface area contributed by atoms with Crippen LogP contribution in [-0.2, 0) is 16.4 Å². The zero-order chi connectivity index (χ0) is 11.7. The fourth-order valence-electron chi connectivity index (χ4n) is 1.02. The SMILES string of the molecule is CC(C)(C)S(=O)(=O)CCn1cc(N)cn1. The van der Waals surface area contributed by atoms with Gasteiger partial charge in [-0.15, -0.1) is 0 Å². The second-order valence-corrected chi connectivity index (χ2v) is 7.33. The minimum atomic E-state index is -3.09. The van der Waals surface area contributed by atoms with Crippen LogP contribution in [0, 0.1) is 0 Å². The quantitative estimate of drug-likeness (QED) is 0.829. The maximum Gasteiger partial charge on any atom is 0.157 e. The first-order chi connectivity index (χ1) is 6.72. The topological polar surface area (TPSA) is 78.0 Å². The molecule has 0 unspecified atom stereocenters. The van der Waals surface area contributed by atoms with Gasteiger partial charge in [0.15, 0.2) is 9.84 Å². The van der Waals surface area contributed by atoms with Gasteiger partial charge in [-0.1, -0.05) is 0 Å². The molecule has 86 valence electrons. The van der Waals surface area contributed by atoms with Crippen LogP contribution in [0.1, 0.15) is 20.8 Å². The molecule has 1 heterocycles. The molecule has 0 amide bonds. The lowest BCUT2D eigenvalue weighted by molar-refractivity contribution is 0.548. The van der Waals surface area contributed by atoms with Crippen molar-refractivity contribution in [2.75, 3.05) is 11.5 Å². The number of aryl methyl sites for hydroxylation is 1. The Balaban J connectivity index is 2.66. The number of hydrogen-bond donors (Lipinski definition) is 1. The Bertz CT molecular complexity index is 428. The number of anilines is 1.